The van der Waals surface area contributed by atoms with E-state index < -0.39 is 16.1 Å². The van der Waals surface area contributed by atoms with Crippen LogP contribution in [0.1, 0.15) is 46.1 Å². The smallest absolute Gasteiger partial charge is 0.313 e. The standard InChI is InChI=1S/C24H31NO6S/c1-22(2,3)21-30-14-24(15-31-21,32-25-28)11-10-23(4,20(26)27)18-8-6-17-13-19(29-5)9-7-16(17)12-18/h6-9,12-13,21H,10-11,14-15H2,1-5H3,(H,26,27)/t21?,23-,24?/m0/s1. The van der Waals surface area contributed by atoms with Crippen molar-refractivity contribution in [2.24, 2.45) is 10.00 Å². The summed E-state index contributed by atoms with van der Waals surface area (Å²) in [7, 11) is 1.61. The van der Waals surface area contributed by atoms with Crippen molar-refractivity contribution in [2.75, 3.05) is 20.3 Å². The molecule has 0 saturated carbocycles. The van der Waals surface area contributed by atoms with Gasteiger partial charge in [-0.05, 0) is 48.2 Å². The quantitative estimate of drug-likeness (QED) is 0.407. The summed E-state index contributed by atoms with van der Waals surface area (Å²) >= 11 is 0.879. The lowest BCUT2D eigenvalue weighted by Crippen LogP contribution is -2.49. The summed E-state index contributed by atoms with van der Waals surface area (Å²) in [5, 5.41) is 12.1. The third-order valence-electron chi connectivity index (χ3n) is 6.17. The molecule has 8 heteroatoms. The summed E-state index contributed by atoms with van der Waals surface area (Å²) in [6, 6.07) is 11.4. The molecular formula is C24H31NO6S. The van der Waals surface area contributed by atoms with Crippen molar-refractivity contribution in [1.29, 1.82) is 0 Å². The lowest BCUT2D eigenvalue weighted by Gasteiger charge is -2.42. The third kappa shape index (κ3) is 5.08. The van der Waals surface area contributed by atoms with Crippen molar-refractivity contribution in [1.82, 2.24) is 0 Å². The van der Waals surface area contributed by atoms with E-state index in [1.807, 2.05) is 57.2 Å². The van der Waals surface area contributed by atoms with Crippen molar-refractivity contribution in [2.45, 2.75) is 57.0 Å². The van der Waals surface area contributed by atoms with Gasteiger partial charge in [-0.1, -0.05) is 45.0 Å². The van der Waals surface area contributed by atoms with Crippen LogP contribution in [0, 0.1) is 10.3 Å². The van der Waals surface area contributed by atoms with E-state index in [2.05, 4.69) is 4.58 Å². The van der Waals surface area contributed by atoms with Crippen LogP contribution < -0.4 is 4.74 Å². The summed E-state index contributed by atoms with van der Waals surface area (Å²) in [5.74, 6) is -0.174. The van der Waals surface area contributed by atoms with E-state index in [-0.39, 0.29) is 24.9 Å². The molecule has 0 spiro atoms. The average molecular weight is 462 g/mol. The molecule has 3 rings (SSSR count). The number of fused-ring (bicyclic) bond motifs is 1. The molecule has 1 aliphatic rings. The van der Waals surface area contributed by atoms with Crippen molar-refractivity contribution in [3.63, 3.8) is 0 Å². The van der Waals surface area contributed by atoms with Crippen LogP contribution >= 0.6 is 11.9 Å². The Balaban J connectivity index is 1.84. The summed E-state index contributed by atoms with van der Waals surface area (Å²) in [6.07, 6.45) is 0.328. The van der Waals surface area contributed by atoms with E-state index in [4.69, 9.17) is 14.2 Å². The van der Waals surface area contributed by atoms with Crippen molar-refractivity contribution in [3.05, 3.63) is 46.9 Å². The SMILES string of the molecule is COc1ccc2cc([C@](C)(CCC3(SN=O)COC(C(C)(C)C)OC3)C(=O)O)ccc2c1. The fourth-order valence-electron chi connectivity index (χ4n) is 3.91. The highest BCUT2D eigenvalue weighted by molar-refractivity contribution is 7.99. The normalized spacial score (nSPS) is 23.5. The molecule has 0 aromatic heterocycles. The summed E-state index contributed by atoms with van der Waals surface area (Å²) in [4.78, 5) is 23.6. The van der Waals surface area contributed by atoms with Crippen LogP contribution in [0.4, 0.5) is 0 Å². The molecule has 7 nitrogen and oxygen atoms in total. The van der Waals surface area contributed by atoms with Gasteiger partial charge in [0.2, 0.25) is 0 Å². The number of nitroso groups, excluding NO2 is 1. The van der Waals surface area contributed by atoms with Crippen molar-refractivity contribution < 1.29 is 24.1 Å². The minimum absolute atomic E-state index is 0.200. The molecule has 1 atom stereocenters. The second-order valence-corrected chi connectivity index (χ2v) is 10.9. The summed E-state index contributed by atoms with van der Waals surface area (Å²) in [6.45, 7) is 8.33. The lowest BCUT2D eigenvalue weighted by atomic mass is 9.76. The number of carboxylic acid groups (broad SMARTS) is 1. The van der Waals surface area contributed by atoms with Gasteiger partial charge in [0.1, 0.15) is 5.75 Å². The van der Waals surface area contributed by atoms with Crippen LogP contribution in [-0.2, 0) is 19.7 Å². The molecule has 1 heterocycles. The number of hydrogen-bond donors (Lipinski definition) is 1. The molecule has 2 aromatic carbocycles. The lowest BCUT2D eigenvalue weighted by molar-refractivity contribution is -0.236. The molecule has 1 saturated heterocycles. The number of carbonyl (C=O) groups is 1. The second-order valence-electron chi connectivity index (χ2n) is 9.73. The number of aliphatic carboxylic acids is 1. The predicted molar refractivity (Wildman–Crippen MR) is 126 cm³/mol. The minimum atomic E-state index is -1.15. The second kappa shape index (κ2) is 9.37. The first kappa shape index (κ1) is 24.5. The highest BCUT2D eigenvalue weighted by atomic mass is 32.2. The molecule has 0 radical (unpaired) electrons. The van der Waals surface area contributed by atoms with Gasteiger partial charge in [0.15, 0.2) is 6.29 Å². The number of carboxylic acids is 1. The molecule has 0 aliphatic carbocycles. The van der Waals surface area contributed by atoms with E-state index in [9.17, 15) is 14.8 Å². The van der Waals surface area contributed by atoms with E-state index in [1.165, 1.54) is 0 Å². The van der Waals surface area contributed by atoms with Crippen LogP contribution in [0.25, 0.3) is 10.8 Å². The zero-order valence-electron chi connectivity index (χ0n) is 19.2. The number of rotatable bonds is 8. The molecule has 32 heavy (non-hydrogen) atoms. The van der Waals surface area contributed by atoms with Gasteiger partial charge in [-0.25, -0.2) is 0 Å². The zero-order valence-corrected chi connectivity index (χ0v) is 20.0. The first-order valence-electron chi connectivity index (χ1n) is 10.6. The molecule has 0 unspecified atom stereocenters. The Morgan fingerprint density at radius 2 is 1.78 bits per heavy atom. The van der Waals surface area contributed by atoms with E-state index in [0.717, 1.165) is 28.5 Å². The Morgan fingerprint density at radius 1 is 1.16 bits per heavy atom. The number of benzene rings is 2. The maximum absolute atomic E-state index is 12.4. The number of methoxy groups -OCH3 is 1. The molecule has 1 aliphatic heterocycles. The van der Waals surface area contributed by atoms with Crippen LogP contribution in [0.5, 0.6) is 5.75 Å². The third-order valence-corrected chi connectivity index (χ3v) is 7.07. The first-order valence-corrected chi connectivity index (χ1v) is 11.4. The molecule has 0 bridgehead atoms. The Kier molecular flexibility index (Phi) is 7.17. The number of ether oxygens (including phenoxy) is 3. The fraction of sp³-hybridized carbons (Fsp3) is 0.542. The van der Waals surface area contributed by atoms with Gasteiger partial charge in [-0.3, -0.25) is 4.79 Å². The molecule has 2 aromatic rings. The Morgan fingerprint density at radius 3 is 2.34 bits per heavy atom. The maximum atomic E-state index is 12.4. The average Bonchev–Trinajstić information content (AvgIpc) is 2.76. The molecule has 174 valence electrons. The number of nitrogens with zero attached hydrogens (tertiary/aromatic N) is 1. The fourth-order valence-corrected chi connectivity index (χ4v) is 4.51. The van der Waals surface area contributed by atoms with Crippen LogP contribution in [0.2, 0.25) is 0 Å². The highest BCUT2D eigenvalue weighted by Crippen LogP contribution is 2.42. The van der Waals surface area contributed by atoms with Gasteiger partial charge in [-0.15, -0.1) is 4.91 Å². The van der Waals surface area contributed by atoms with Crippen molar-refractivity contribution >= 4 is 28.7 Å². The Bertz CT molecular complexity index is 980. The zero-order chi connectivity index (χ0) is 23.6. The van der Waals surface area contributed by atoms with Gasteiger partial charge in [0.05, 0.1) is 30.5 Å². The van der Waals surface area contributed by atoms with E-state index in [1.54, 1.807) is 14.0 Å². The van der Waals surface area contributed by atoms with E-state index in [0.29, 0.717) is 18.4 Å². The van der Waals surface area contributed by atoms with Crippen LogP contribution in [0.3, 0.4) is 0 Å². The summed E-state index contributed by atoms with van der Waals surface area (Å²) in [5.41, 5.74) is -0.646. The largest absolute Gasteiger partial charge is 0.497 e. The molecule has 1 fully saturated rings. The highest BCUT2D eigenvalue weighted by Gasteiger charge is 2.45. The van der Waals surface area contributed by atoms with Crippen molar-refractivity contribution in [3.8, 4) is 5.75 Å². The topological polar surface area (TPSA) is 94.4 Å². The van der Waals surface area contributed by atoms with Crippen LogP contribution in [0.15, 0.2) is 41.0 Å². The van der Waals surface area contributed by atoms with E-state index >= 15 is 0 Å². The Hall–Kier alpha value is -2.16. The molecular weight excluding hydrogens is 430 g/mol. The van der Waals surface area contributed by atoms with Gasteiger partial charge in [0.25, 0.3) is 0 Å². The summed E-state index contributed by atoms with van der Waals surface area (Å²) < 4.78 is 19.4. The molecule has 0 amide bonds. The van der Waals surface area contributed by atoms with Gasteiger partial charge in [-0.2, -0.15) is 0 Å². The van der Waals surface area contributed by atoms with Crippen LogP contribution in [-0.4, -0.2) is 42.4 Å². The Labute approximate surface area is 192 Å². The predicted octanol–water partition coefficient (Wildman–Crippen LogP) is 5.54. The first-order chi connectivity index (χ1) is 15.0. The molecule has 1 N–H and O–H groups in total. The van der Waals surface area contributed by atoms with Gasteiger partial charge >= 0.3 is 5.97 Å². The minimum Gasteiger partial charge on any atom is -0.497 e. The van der Waals surface area contributed by atoms with Gasteiger partial charge in [0, 0.05) is 21.9 Å². The maximum Gasteiger partial charge on any atom is 0.313 e. The number of hydrogen-bond acceptors (Lipinski definition) is 7. The van der Waals surface area contributed by atoms with Gasteiger partial charge < -0.3 is 19.3 Å². The monoisotopic (exact) mass is 461 g/mol.